The van der Waals surface area contributed by atoms with Crippen molar-refractivity contribution in [3.05, 3.63) is 11.6 Å². The third-order valence-electron chi connectivity index (χ3n) is 5.95. The van der Waals surface area contributed by atoms with Gasteiger partial charge in [-0.15, -0.1) is 0 Å². The van der Waals surface area contributed by atoms with Gasteiger partial charge in [-0.3, -0.25) is 14.4 Å². The van der Waals surface area contributed by atoms with Gasteiger partial charge in [0.25, 0.3) is 0 Å². The third-order valence-corrected chi connectivity index (χ3v) is 5.95. The molecule has 162 valence electrons. The van der Waals surface area contributed by atoms with Crippen LogP contribution in [0.5, 0.6) is 0 Å². The van der Waals surface area contributed by atoms with Gasteiger partial charge in [0.1, 0.15) is 24.1 Å². The van der Waals surface area contributed by atoms with Crippen molar-refractivity contribution in [2.24, 2.45) is 23.7 Å². The second-order valence-corrected chi connectivity index (χ2v) is 8.58. The molecule has 0 spiro atoms. The lowest BCUT2D eigenvalue weighted by Crippen LogP contribution is -2.42. The Morgan fingerprint density at radius 2 is 1.83 bits per heavy atom. The van der Waals surface area contributed by atoms with Crippen molar-refractivity contribution in [2.75, 3.05) is 0 Å². The fourth-order valence-corrected chi connectivity index (χ4v) is 4.03. The highest BCUT2D eigenvalue weighted by atomic mass is 16.6. The van der Waals surface area contributed by atoms with Crippen LogP contribution in [0.25, 0.3) is 0 Å². The van der Waals surface area contributed by atoms with E-state index in [4.69, 9.17) is 14.2 Å². The maximum atomic E-state index is 12.8. The third kappa shape index (κ3) is 5.67. The van der Waals surface area contributed by atoms with Crippen molar-refractivity contribution >= 4 is 23.7 Å². The lowest BCUT2D eigenvalue weighted by atomic mass is 9.78. The second-order valence-electron chi connectivity index (χ2n) is 8.58. The van der Waals surface area contributed by atoms with Gasteiger partial charge in [-0.05, 0) is 26.2 Å². The number of Topliss-reactive ketones (excluding diaryl/α,β-unsaturated/α-hetero) is 1. The number of fused-ring (bicyclic) bond motifs is 2. The number of ketones is 1. The molecule has 6 atom stereocenters. The lowest BCUT2D eigenvalue weighted by Gasteiger charge is -2.35. The number of rotatable bonds is 5. The number of ether oxygens (including phenoxy) is 3. The fourth-order valence-electron chi connectivity index (χ4n) is 4.03. The van der Waals surface area contributed by atoms with Crippen LogP contribution in [0.4, 0.5) is 0 Å². The van der Waals surface area contributed by atoms with Crippen LogP contribution in [0.1, 0.15) is 60.8 Å². The van der Waals surface area contributed by atoms with Crippen LogP contribution in [0, 0.1) is 23.7 Å². The van der Waals surface area contributed by atoms with E-state index in [1.165, 1.54) is 6.92 Å². The Kier molecular flexibility index (Phi) is 7.60. The maximum Gasteiger partial charge on any atom is 0.334 e. The normalized spacial score (nSPS) is 29.6. The van der Waals surface area contributed by atoms with Crippen LogP contribution in [-0.4, -0.2) is 42.0 Å². The highest BCUT2D eigenvalue weighted by Gasteiger charge is 2.44. The van der Waals surface area contributed by atoms with Crippen molar-refractivity contribution < 1.29 is 33.4 Å². The maximum absolute atomic E-state index is 12.8. The Bertz CT molecular complexity index is 693. The molecule has 0 aromatic heterocycles. The number of allylic oxidation sites excluding steroid dienone is 1. The molecule has 7 heteroatoms. The predicted octanol–water partition coefficient (Wildman–Crippen LogP) is 3.00. The number of hydrogen-bond donors (Lipinski definition) is 0. The summed E-state index contributed by atoms with van der Waals surface area (Å²) < 4.78 is 16.6. The second kappa shape index (κ2) is 9.55. The Morgan fingerprint density at radius 1 is 1.17 bits per heavy atom. The minimum Gasteiger partial charge on any atom is -0.462 e. The molecule has 29 heavy (non-hydrogen) atoms. The number of carbonyl (C=O) groups excluding carboxylic acids is 4. The van der Waals surface area contributed by atoms with Crippen molar-refractivity contribution in [2.45, 2.75) is 79.1 Å². The van der Waals surface area contributed by atoms with E-state index in [0.29, 0.717) is 18.4 Å². The number of carbonyl (C=O) groups is 4. The van der Waals surface area contributed by atoms with Crippen molar-refractivity contribution in [3.8, 4) is 0 Å². The predicted molar refractivity (Wildman–Crippen MR) is 105 cm³/mol. The molecule has 0 N–H and O–H groups in total. The summed E-state index contributed by atoms with van der Waals surface area (Å²) in [5.41, 5.74) is 0.519. The van der Waals surface area contributed by atoms with E-state index in [2.05, 4.69) is 0 Å². The topological polar surface area (TPSA) is 96.0 Å². The Balaban J connectivity index is 2.28. The van der Waals surface area contributed by atoms with Gasteiger partial charge in [-0.25, -0.2) is 4.79 Å². The Labute approximate surface area is 172 Å². The van der Waals surface area contributed by atoms with Gasteiger partial charge in [0.05, 0.1) is 5.92 Å². The van der Waals surface area contributed by atoms with Gasteiger partial charge in [-0.1, -0.05) is 26.8 Å². The summed E-state index contributed by atoms with van der Waals surface area (Å²) in [6.45, 7) is 10.4. The Morgan fingerprint density at radius 3 is 2.41 bits per heavy atom. The van der Waals surface area contributed by atoms with E-state index >= 15 is 0 Å². The molecular formula is C22H32O7. The SMILES string of the molecule is CC(=O)O[C@H](C)[C@@H](C)C(=O)O[C@H]1C[C@@H](C)C(=O)CC=C2C[C@H](OC2=O)[C@H]1C(C)C. The first-order valence-electron chi connectivity index (χ1n) is 10.3. The zero-order valence-corrected chi connectivity index (χ0v) is 18.1. The molecule has 0 amide bonds. The number of hydrogen-bond acceptors (Lipinski definition) is 7. The summed E-state index contributed by atoms with van der Waals surface area (Å²) in [7, 11) is 0. The largest absolute Gasteiger partial charge is 0.462 e. The molecule has 7 nitrogen and oxygen atoms in total. The minimum absolute atomic E-state index is 0.000495. The molecule has 1 aliphatic carbocycles. The number of esters is 3. The molecule has 0 saturated carbocycles. The van der Waals surface area contributed by atoms with Crippen LogP contribution in [0.3, 0.4) is 0 Å². The van der Waals surface area contributed by atoms with E-state index in [1.807, 2.05) is 20.8 Å². The quantitative estimate of drug-likeness (QED) is 0.510. The highest BCUT2D eigenvalue weighted by Crippen LogP contribution is 2.37. The summed E-state index contributed by atoms with van der Waals surface area (Å²) >= 11 is 0. The van der Waals surface area contributed by atoms with Gasteiger partial charge in [0.15, 0.2) is 0 Å². The van der Waals surface area contributed by atoms with Gasteiger partial charge in [0, 0.05) is 37.2 Å². The molecule has 0 aromatic carbocycles. The average molecular weight is 408 g/mol. The summed E-state index contributed by atoms with van der Waals surface area (Å²) in [5, 5.41) is 0. The molecule has 0 radical (unpaired) electrons. The van der Waals surface area contributed by atoms with Gasteiger partial charge in [0.2, 0.25) is 0 Å². The average Bonchev–Trinajstić information content (AvgIpc) is 2.96. The fraction of sp³-hybridized carbons (Fsp3) is 0.727. The molecule has 2 bridgehead atoms. The minimum atomic E-state index is -0.658. The summed E-state index contributed by atoms with van der Waals surface area (Å²) in [5.74, 6) is -2.51. The lowest BCUT2D eigenvalue weighted by molar-refractivity contribution is -0.170. The van der Waals surface area contributed by atoms with E-state index in [9.17, 15) is 19.2 Å². The summed E-state index contributed by atoms with van der Waals surface area (Å²) in [4.78, 5) is 48.7. The molecule has 1 saturated heterocycles. The molecule has 1 fully saturated rings. The van der Waals surface area contributed by atoms with Crippen LogP contribution >= 0.6 is 0 Å². The summed E-state index contributed by atoms with van der Waals surface area (Å²) in [6, 6.07) is 0. The van der Waals surface area contributed by atoms with Gasteiger partial charge >= 0.3 is 17.9 Å². The summed E-state index contributed by atoms with van der Waals surface area (Å²) in [6.07, 6.45) is 1.02. The van der Waals surface area contributed by atoms with Crippen LogP contribution in [0.2, 0.25) is 0 Å². The van der Waals surface area contributed by atoms with E-state index < -0.39 is 42.1 Å². The molecule has 2 aliphatic rings. The molecule has 0 aromatic rings. The highest BCUT2D eigenvalue weighted by molar-refractivity contribution is 5.92. The first-order chi connectivity index (χ1) is 13.5. The van der Waals surface area contributed by atoms with Gasteiger partial charge < -0.3 is 14.2 Å². The van der Waals surface area contributed by atoms with Gasteiger partial charge in [-0.2, -0.15) is 0 Å². The first-order valence-corrected chi connectivity index (χ1v) is 10.3. The van der Waals surface area contributed by atoms with Crippen LogP contribution < -0.4 is 0 Å². The first kappa shape index (κ1) is 23.1. The smallest absolute Gasteiger partial charge is 0.334 e. The molecular weight excluding hydrogens is 376 g/mol. The standard InChI is InChI=1S/C22H32O7/c1-11(2)20-18(28-21(25)13(4)14(5)27-15(6)23)9-12(3)17(24)8-7-16-10-19(20)29-22(16)26/h7,11-14,18-20H,8-10H2,1-6H3/t12-,13-,14-,18+,19+,20+/m1/s1. The molecule has 1 heterocycles. The van der Waals surface area contributed by atoms with E-state index in [0.717, 1.165) is 0 Å². The molecule has 2 rings (SSSR count). The van der Waals surface area contributed by atoms with Crippen LogP contribution in [0.15, 0.2) is 11.6 Å². The zero-order chi connectivity index (χ0) is 21.9. The van der Waals surface area contributed by atoms with E-state index in [-0.39, 0.29) is 30.0 Å². The molecule has 0 unspecified atom stereocenters. The van der Waals surface area contributed by atoms with Crippen LogP contribution in [-0.2, 0) is 33.4 Å². The monoisotopic (exact) mass is 408 g/mol. The molecule has 1 aliphatic heterocycles. The zero-order valence-electron chi connectivity index (χ0n) is 18.1. The van der Waals surface area contributed by atoms with Crippen molar-refractivity contribution in [1.29, 1.82) is 0 Å². The van der Waals surface area contributed by atoms with E-state index in [1.54, 1.807) is 19.9 Å². The van der Waals surface area contributed by atoms with Crippen molar-refractivity contribution in [3.63, 3.8) is 0 Å². The van der Waals surface area contributed by atoms with Crippen molar-refractivity contribution in [1.82, 2.24) is 0 Å². The Hall–Kier alpha value is -2.18.